The number of hydrogen-bond acceptors (Lipinski definition) is 11. The first kappa shape index (κ1) is 34.3. The molecule has 0 unspecified atom stereocenters. The van der Waals surface area contributed by atoms with E-state index in [-0.39, 0.29) is 34.5 Å². The van der Waals surface area contributed by atoms with Gasteiger partial charge in [-0.2, -0.15) is 26.3 Å². The Morgan fingerprint density at radius 2 is 1.06 bits per heavy atom. The Morgan fingerprint density at radius 1 is 0.681 bits per heavy atom. The van der Waals surface area contributed by atoms with E-state index in [0.717, 1.165) is 58.7 Å². The number of alkyl halides is 6. The van der Waals surface area contributed by atoms with Crippen LogP contribution in [0.2, 0.25) is 0 Å². The maximum Gasteiger partial charge on any atom is 0.433 e. The smallest absolute Gasteiger partial charge is 0.433 e. The highest BCUT2D eigenvalue weighted by Gasteiger charge is 2.35. The molecule has 13 nitrogen and oxygen atoms in total. The maximum absolute atomic E-state index is 13.3. The summed E-state index contributed by atoms with van der Waals surface area (Å²) in [6, 6.07) is 3.93. The lowest BCUT2D eigenvalue weighted by molar-refractivity contribution is -0.152. The van der Waals surface area contributed by atoms with Crippen LogP contribution >= 0.6 is 0 Å². The fourth-order valence-corrected chi connectivity index (χ4v) is 3.56. The van der Waals surface area contributed by atoms with Gasteiger partial charge < -0.3 is 14.2 Å². The van der Waals surface area contributed by atoms with Crippen LogP contribution in [0.1, 0.15) is 39.1 Å². The molecular formula is C28H24F6N8O5. The third-order valence-electron chi connectivity index (χ3n) is 5.36. The monoisotopic (exact) mass is 666 g/mol. The van der Waals surface area contributed by atoms with E-state index < -0.39 is 47.9 Å². The summed E-state index contributed by atoms with van der Waals surface area (Å²) in [7, 11) is 0. The van der Waals surface area contributed by atoms with Gasteiger partial charge in [0.2, 0.25) is 11.8 Å². The van der Waals surface area contributed by atoms with Crippen molar-refractivity contribution < 1.29 is 50.1 Å². The topological polar surface area (TPSA) is 149 Å². The SMILES string of the molecule is CC(C)Oc1cc(-c2ncn(C=CC(=O)OC(=O)C=Cn3cnc(-c4cc(OC(C)C)nc(C(F)(F)F)c4)n3)n2)cc(C(F)(F)F)n1. The number of nitrogens with zero attached hydrogens (tertiary/aromatic N) is 8. The van der Waals surface area contributed by atoms with Crippen molar-refractivity contribution in [3.05, 3.63) is 60.5 Å². The Bertz CT molecular complexity index is 1680. The van der Waals surface area contributed by atoms with Gasteiger partial charge in [-0.3, -0.25) is 0 Å². The normalized spacial score (nSPS) is 12.4. The first-order valence-electron chi connectivity index (χ1n) is 13.4. The minimum absolute atomic E-state index is 0.0525. The third-order valence-corrected chi connectivity index (χ3v) is 5.36. The van der Waals surface area contributed by atoms with Crippen molar-refractivity contribution >= 4 is 24.3 Å². The predicted molar refractivity (Wildman–Crippen MR) is 150 cm³/mol. The van der Waals surface area contributed by atoms with Gasteiger partial charge in [0.05, 0.1) is 12.2 Å². The number of hydrogen-bond donors (Lipinski definition) is 0. The molecule has 0 aliphatic rings. The molecule has 0 saturated heterocycles. The average molecular weight is 667 g/mol. The van der Waals surface area contributed by atoms with Crippen LogP contribution in [-0.2, 0) is 26.7 Å². The Hall–Kier alpha value is -5.62. The van der Waals surface area contributed by atoms with E-state index in [1.807, 2.05) is 0 Å². The largest absolute Gasteiger partial charge is 0.475 e. The van der Waals surface area contributed by atoms with Crippen molar-refractivity contribution in [2.24, 2.45) is 0 Å². The van der Waals surface area contributed by atoms with Crippen molar-refractivity contribution in [2.75, 3.05) is 0 Å². The summed E-state index contributed by atoms with van der Waals surface area (Å²) in [5.41, 5.74) is -2.53. The number of rotatable bonds is 10. The number of aromatic nitrogens is 8. The van der Waals surface area contributed by atoms with Crippen molar-refractivity contribution in [1.82, 2.24) is 39.5 Å². The van der Waals surface area contributed by atoms with Crippen LogP contribution in [-0.4, -0.2) is 63.6 Å². The molecule has 0 spiro atoms. The van der Waals surface area contributed by atoms with E-state index in [0.29, 0.717) is 0 Å². The van der Waals surface area contributed by atoms with E-state index in [1.165, 1.54) is 12.1 Å². The highest BCUT2D eigenvalue weighted by Crippen LogP contribution is 2.34. The van der Waals surface area contributed by atoms with Crippen LogP contribution < -0.4 is 9.47 Å². The lowest BCUT2D eigenvalue weighted by Gasteiger charge is -2.12. The van der Waals surface area contributed by atoms with E-state index in [2.05, 4.69) is 34.9 Å². The molecule has 4 aromatic heterocycles. The van der Waals surface area contributed by atoms with Crippen LogP contribution in [0.4, 0.5) is 26.3 Å². The first-order valence-corrected chi connectivity index (χ1v) is 13.4. The Labute approximate surface area is 261 Å². The molecule has 0 atom stereocenters. The van der Waals surface area contributed by atoms with Crippen molar-refractivity contribution in [1.29, 1.82) is 0 Å². The molecule has 0 bridgehead atoms. The van der Waals surface area contributed by atoms with E-state index in [4.69, 9.17) is 9.47 Å². The quantitative estimate of drug-likeness (QED) is 0.0937. The summed E-state index contributed by atoms with van der Waals surface area (Å²) >= 11 is 0. The molecule has 0 fully saturated rings. The van der Waals surface area contributed by atoms with Gasteiger partial charge in [0.25, 0.3) is 0 Å². The Kier molecular flexibility index (Phi) is 10.1. The fourth-order valence-electron chi connectivity index (χ4n) is 3.56. The van der Waals surface area contributed by atoms with Gasteiger partial charge in [0, 0.05) is 47.8 Å². The van der Waals surface area contributed by atoms with E-state index in [9.17, 15) is 35.9 Å². The molecule has 0 aromatic carbocycles. The molecule has 0 radical (unpaired) electrons. The lowest BCUT2D eigenvalue weighted by atomic mass is 10.2. The number of ether oxygens (including phenoxy) is 3. The van der Waals surface area contributed by atoms with Crippen LogP contribution in [0.25, 0.3) is 35.2 Å². The second kappa shape index (κ2) is 13.8. The Morgan fingerprint density at radius 3 is 1.40 bits per heavy atom. The van der Waals surface area contributed by atoms with Gasteiger partial charge in [0.1, 0.15) is 24.0 Å². The molecule has 4 heterocycles. The van der Waals surface area contributed by atoms with E-state index in [1.54, 1.807) is 27.7 Å². The maximum atomic E-state index is 13.3. The standard InChI is InChI=1S/C28H24F6N8O5/c1-15(2)45-21-11-17(9-19(37-21)27(29,30)31)25-35-13-41(39-25)7-5-23(43)47-24(44)6-8-42-14-36-26(40-42)18-10-20(28(32,33)34)38-22(12-18)46-16(3)4/h5-16H,1-4H3. The van der Waals surface area contributed by atoms with Gasteiger partial charge in [-0.25, -0.2) is 38.9 Å². The molecule has 19 heteroatoms. The molecular weight excluding hydrogens is 642 g/mol. The summed E-state index contributed by atoms with van der Waals surface area (Å²) in [5.74, 6) is -3.12. The van der Waals surface area contributed by atoms with Crippen LogP contribution in [0.3, 0.4) is 0 Å². The second-order valence-corrected chi connectivity index (χ2v) is 9.96. The Balaban J connectivity index is 1.40. The third kappa shape index (κ3) is 9.68. The number of esters is 2. The summed E-state index contributed by atoms with van der Waals surface area (Å²) in [4.78, 5) is 39.0. The zero-order chi connectivity index (χ0) is 34.5. The van der Waals surface area contributed by atoms with Crippen molar-refractivity contribution in [3.8, 4) is 34.5 Å². The molecule has 248 valence electrons. The summed E-state index contributed by atoms with van der Waals surface area (Å²) in [6.45, 7) is 6.46. The van der Waals surface area contributed by atoms with Gasteiger partial charge >= 0.3 is 24.3 Å². The molecule has 47 heavy (non-hydrogen) atoms. The fraction of sp³-hybridized carbons (Fsp3) is 0.286. The molecule has 0 amide bonds. The van der Waals surface area contributed by atoms with E-state index >= 15 is 0 Å². The molecule has 0 aliphatic carbocycles. The van der Waals surface area contributed by atoms with Crippen molar-refractivity contribution in [3.63, 3.8) is 0 Å². The molecule has 0 saturated carbocycles. The predicted octanol–water partition coefficient (Wildman–Crippen LogP) is 5.32. The molecule has 4 rings (SSSR count). The number of halogens is 6. The molecule has 0 N–H and O–H groups in total. The van der Waals surface area contributed by atoms with Gasteiger partial charge in [-0.15, -0.1) is 10.2 Å². The minimum atomic E-state index is -4.76. The minimum Gasteiger partial charge on any atom is -0.475 e. The van der Waals surface area contributed by atoms with Gasteiger partial charge in [-0.1, -0.05) is 0 Å². The van der Waals surface area contributed by atoms with Crippen molar-refractivity contribution in [2.45, 2.75) is 52.3 Å². The zero-order valence-electron chi connectivity index (χ0n) is 24.8. The number of pyridine rings is 2. The summed E-state index contributed by atoms with van der Waals surface area (Å²) < 4.78 is 97.2. The van der Waals surface area contributed by atoms with Crippen LogP contribution in [0.15, 0.2) is 49.1 Å². The number of carbonyl (C=O) groups excluding carboxylic acids is 2. The highest BCUT2D eigenvalue weighted by molar-refractivity contribution is 5.98. The molecule has 4 aromatic rings. The summed E-state index contributed by atoms with van der Waals surface area (Å²) in [6.07, 6.45) is -4.56. The van der Waals surface area contributed by atoms with Crippen LogP contribution in [0.5, 0.6) is 11.8 Å². The van der Waals surface area contributed by atoms with Gasteiger partial charge in [0.15, 0.2) is 11.6 Å². The first-order chi connectivity index (χ1) is 22.0. The van der Waals surface area contributed by atoms with Crippen LogP contribution in [0, 0.1) is 0 Å². The highest BCUT2D eigenvalue weighted by atomic mass is 19.4. The zero-order valence-corrected chi connectivity index (χ0v) is 24.8. The number of carbonyl (C=O) groups is 2. The average Bonchev–Trinajstić information content (AvgIpc) is 3.63. The van der Waals surface area contributed by atoms with Gasteiger partial charge in [-0.05, 0) is 39.8 Å². The lowest BCUT2D eigenvalue weighted by Crippen LogP contribution is -2.12. The second-order valence-electron chi connectivity index (χ2n) is 9.96. The summed E-state index contributed by atoms with van der Waals surface area (Å²) in [5, 5.41) is 7.97. The molecule has 0 aliphatic heterocycles.